The number of nitro benzene ring substituents is 1. The number of benzene rings is 2. The summed E-state index contributed by atoms with van der Waals surface area (Å²) in [4.78, 5) is 22.0. The summed E-state index contributed by atoms with van der Waals surface area (Å²) in [6, 6.07) is 12.1. The van der Waals surface area contributed by atoms with Gasteiger partial charge in [-0.2, -0.15) is 0 Å². The van der Waals surface area contributed by atoms with E-state index in [9.17, 15) is 14.9 Å². The summed E-state index contributed by atoms with van der Waals surface area (Å²) in [6.07, 6.45) is -0.823. The Morgan fingerprint density at radius 1 is 1.29 bits per heavy atom. The van der Waals surface area contributed by atoms with Crippen molar-refractivity contribution in [2.45, 2.75) is 25.9 Å². The predicted octanol–water partition coefficient (Wildman–Crippen LogP) is 4.33. The summed E-state index contributed by atoms with van der Waals surface area (Å²) >= 11 is 6.32. The average molecular weight is 349 g/mol. The second-order valence-electron chi connectivity index (χ2n) is 5.94. The molecule has 0 aliphatic rings. The summed E-state index contributed by atoms with van der Waals surface area (Å²) in [5.74, 6) is 0. The zero-order valence-electron chi connectivity index (χ0n) is 13.3. The van der Waals surface area contributed by atoms with Gasteiger partial charge in [0.05, 0.1) is 4.92 Å². The molecule has 0 fully saturated rings. The molecule has 126 valence electrons. The van der Waals surface area contributed by atoms with Crippen molar-refractivity contribution in [1.82, 2.24) is 0 Å². The molecule has 24 heavy (non-hydrogen) atoms. The van der Waals surface area contributed by atoms with Crippen LogP contribution in [0.25, 0.3) is 11.1 Å². The van der Waals surface area contributed by atoms with E-state index in [1.54, 1.807) is 13.8 Å². The van der Waals surface area contributed by atoms with E-state index in [0.717, 1.165) is 5.56 Å². The van der Waals surface area contributed by atoms with Crippen LogP contribution in [-0.4, -0.2) is 16.6 Å². The standard InChI is InChI=1S/C17H17ClN2O4/c1-17(2,24-16(19)21)10-12-8-14(18)13(9-15(12)20(22)23)11-6-4-3-5-7-11/h3-9H,10H2,1-2H3,(H2,19,21). The molecule has 0 aromatic heterocycles. The summed E-state index contributed by atoms with van der Waals surface area (Å²) < 4.78 is 5.00. The van der Waals surface area contributed by atoms with Crippen LogP contribution in [0.5, 0.6) is 0 Å². The lowest BCUT2D eigenvalue weighted by molar-refractivity contribution is -0.385. The molecule has 0 saturated heterocycles. The minimum absolute atomic E-state index is 0.0839. The van der Waals surface area contributed by atoms with Crippen molar-refractivity contribution in [1.29, 1.82) is 0 Å². The van der Waals surface area contributed by atoms with Crippen LogP contribution in [0.2, 0.25) is 5.02 Å². The number of nitro groups is 1. The molecule has 2 N–H and O–H groups in total. The third-order valence-corrected chi connectivity index (χ3v) is 3.76. The van der Waals surface area contributed by atoms with Gasteiger partial charge < -0.3 is 10.5 Å². The average Bonchev–Trinajstić information content (AvgIpc) is 2.46. The van der Waals surface area contributed by atoms with Gasteiger partial charge in [-0.05, 0) is 25.5 Å². The van der Waals surface area contributed by atoms with Gasteiger partial charge in [-0.1, -0.05) is 41.9 Å². The monoisotopic (exact) mass is 348 g/mol. The van der Waals surface area contributed by atoms with Crippen LogP contribution in [0.3, 0.4) is 0 Å². The summed E-state index contributed by atoms with van der Waals surface area (Å²) in [5, 5.41) is 11.8. The van der Waals surface area contributed by atoms with Crippen LogP contribution in [0.4, 0.5) is 10.5 Å². The number of carbonyl (C=O) groups is 1. The zero-order chi connectivity index (χ0) is 17.9. The van der Waals surface area contributed by atoms with Crippen LogP contribution >= 0.6 is 11.6 Å². The third kappa shape index (κ3) is 4.23. The minimum Gasteiger partial charge on any atom is -0.443 e. The second-order valence-corrected chi connectivity index (χ2v) is 6.35. The van der Waals surface area contributed by atoms with E-state index in [2.05, 4.69) is 0 Å². The molecule has 0 heterocycles. The lowest BCUT2D eigenvalue weighted by Crippen LogP contribution is -2.33. The highest BCUT2D eigenvalue weighted by atomic mass is 35.5. The summed E-state index contributed by atoms with van der Waals surface area (Å²) in [5.41, 5.74) is 5.69. The van der Waals surface area contributed by atoms with Gasteiger partial charge in [0, 0.05) is 28.6 Å². The molecule has 0 aliphatic heterocycles. The van der Waals surface area contributed by atoms with Crippen molar-refractivity contribution < 1.29 is 14.5 Å². The Morgan fingerprint density at radius 3 is 2.46 bits per heavy atom. The first-order chi connectivity index (χ1) is 11.2. The molecular weight excluding hydrogens is 332 g/mol. The lowest BCUT2D eigenvalue weighted by Gasteiger charge is -2.24. The van der Waals surface area contributed by atoms with Gasteiger partial charge >= 0.3 is 6.09 Å². The fourth-order valence-electron chi connectivity index (χ4n) is 2.52. The van der Waals surface area contributed by atoms with E-state index in [1.807, 2.05) is 30.3 Å². The van der Waals surface area contributed by atoms with Gasteiger partial charge in [-0.15, -0.1) is 0 Å². The molecule has 6 nitrogen and oxygen atoms in total. The maximum atomic E-state index is 11.5. The van der Waals surface area contributed by atoms with E-state index < -0.39 is 16.6 Å². The van der Waals surface area contributed by atoms with Crippen LogP contribution in [0, 0.1) is 10.1 Å². The number of carbonyl (C=O) groups excluding carboxylic acids is 1. The molecular formula is C17H17ClN2O4. The zero-order valence-corrected chi connectivity index (χ0v) is 14.0. The fraction of sp³-hybridized carbons (Fsp3) is 0.235. The molecule has 2 aromatic carbocycles. The van der Waals surface area contributed by atoms with E-state index in [-0.39, 0.29) is 12.1 Å². The van der Waals surface area contributed by atoms with Crippen molar-refractivity contribution >= 4 is 23.4 Å². The van der Waals surface area contributed by atoms with E-state index >= 15 is 0 Å². The molecule has 0 atom stereocenters. The molecule has 2 aromatic rings. The normalized spacial score (nSPS) is 11.1. The molecule has 0 spiro atoms. The topological polar surface area (TPSA) is 95.5 Å². The van der Waals surface area contributed by atoms with Crippen LogP contribution < -0.4 is 5.73 Å². The van der Waals surface area contributed by atoms with Gasteiger partial charge in [-0.3, -0.25) is 10.1 Å². The van der Waals surface area contributed by atoms with Crippen molar-refractivity contribution in [3.8, 4) is 11.1 Å². The van der Waals surface area contributed by atoms with Crippen LogP contribution in [0.15, 0.2) is 42.5 Å². The SMILES string of the molecule is CC(C)(Cc1cc(Cl)c(-c2ccccc2)cc1[N+](=O)[O-])OC(N)=O. The molecule has 0 radical (unpaired) electrons. The Kier molecular flexibility index (Phi) is 5.09. The number of nitrogens with zero attached hydrogens (tertiary/aromatic N) is 1. The lowest BCUT2D eigenvalue weighted by atomic mass is 9.94. The van der Waals surface area contributed by atoms with Gasteiger partial charge in [0.25, 0.3) is 5.69 Å². The maximum Gasteiger partial charge on any atom is 0.405 e. The number of hydrogen-bond acceptors (Lipinski definition) is 4. The highest BCUT2D eigenvalue weighted by Crippen LogP contribution is 2.36. The maximum absolute atomic E-state index is 11.5. The second kappa shape index (κ2) is 6.88. The van der Waals surface area contributed by atoms with Gasteiger partial charge in [0.2, 0.25) is 0 Å². The summed E-state index contributed by atoms with van der Waals surface area (Å²) in [7, 11) is 0. The van der Waals surface area contributed by atoms with Crippen molar-refractivity contribution in [3.05, 3.63) is 63.2 Å². The van der Waals surface area contributed by atoms with Crippen molar-refractivity contribution in [2.24, 2.45) is 5.73 Å². The smallest absolute Gasteiger partial charge is 0.405 e. The van der Waals surface area contributed by atoms with E-state index in [1.165, 1.54) is 12.1 Å². The first-order valence-electron chi connectivity index (χ1n) is 7.20. The first kappa shape index (κ1) is 17.7. The third-order valence-electron chi connectivity index (χ3n) is 3.44. The minimum atomic E-state index is -0.992. The van der Waals surface area contributed by atoms with E-state index in [4.69, 9.17) is 22.1 Å². The fourth-order valence-corrected chi connectivity index (χ4v) is 2.82. The Labute approximate surface area is 144 Å². The van der Waals surface area contributed by atoms with Crippen LogP contribution in [0.1, 0.15) is 19.4 Å². The molecule has 0 unspecified atom stereocenters. The van der Waals surface area contributed by atoms with Crippen molar-refractivity contribution in [3.63, 3.8) is 0 Å². The largest absolute Gasteiger partial charge is 0.443 e. The Hall–Kier alpha value is -2.60. The molecule has 0 saturated carbocycles. The first-order valence-corrected chi connectivity index (χ1v) is 7.58. The number of halogens is 1. The number of amides is 1. The molecule has 0 bridgehead atoms. The highest BCUT2D eigenvalue weighted by molar-refractivity contribution is 6.33. The Bertz CT molecular complexity index is 776. The number of rotatable bonds is 5. The quantitative estimate of drug-likeness (QED) is 0.642. The van der Waals surface area contributed by atoms with Crippen LogP contribution in [-0.2, 0) is 11.2 Å². The van der Waals surface area contributed by atoms with Gasteiger partial charge in [-0.25, -0.2) is 4.79 Å². The molecule has 0 aliphatic carbocycles. The van der Waals surface area contributed by atoms with Crippen molar-refractivity contribution in [2.75, 3.05) is 0 Å². The Balaban J connectivity index is 2.48. The van der Waals surface area contributed by atoms with Gasteiger partial charge in [0.1, 0.15) is 5.60 Å². The number of hydrogen-bond donors (Lipinski definition) is 1. The highest BCUT2D eigenvalue weighted by Gasteiger charge is 2.28. The summed E-state index contributed by atoms with van der Waals surface area (Å²) in [6.45, 7) is 3.25. The number of primary amides is 1. The number of ether oxygens (including phenoxy) is 1. The molecule has 1 amide bonds. The molecule has 7 heteroatoms. The number of nitrogens with two attached hydrogens (primary N) is 1. The van der Waals surface area contributed by atoms with Gasteiger partial charge in [0.15, 0.2) is 0 Å². The molecule has 2 rings (SSSR count). The van der Waals surface area contributed by atoms with E-state index in [0.29, 0.717) is 16.1 Å². The predicted molar refractivity (Wildman–Crippen MR) is 92.0 cm³/mol. The Morgan fingerprint density at radius 2 is 1.92 bits per heavy atom.